The van der Waals surface area contributed by atoms with Crippen molar-refractivity contribution in [1.82, 2.24) is 5.32 Å². The molecule has 3 nitrogen and oxygen atoms in total. The number of rotatable bonds is 3. The molecule has 0 bridgehead atoms. The predicted molar refractivity (Wildman–Crippen MR) is 56.9 cm³/mol. The van der Waals surface area contributed by atoms with Gasteiger partial charge in [-0.25, -0.2) is 0 Å². The van der Waals surface area contributed by atoms with E-state index in [1.165, 1.54) is 0 Å². The van der Waals surface area contributed by atoms with Gasteiger partial charge in [-0.1, -0.05) is 29.8 Å². The minimum absolute atomic E-state index is 0.176. The van der Waals surface area contributed by atoms with E-state index in [4.69, 9.17) is 17.3 Å². The van der Waals surface area contributed by atoms with Gasteiger partial charge in [-0.15, -0.1) is 0 Å². The van der Waals surface area contributed by atoms with Gasteiger partial charge in [-0.3, -0.25) is 4.79 Å². The van der Waals surface area contributed by atoms with Crippen molar-refractivity contribution in [2.24, 2.45) is 5.73 Å². The summed E-state index contributed by atoms with van der Waals surface area (Å²) in [7, 11) is 0. The van der Waals surface area contributed by atoms with Gasteiger partial charge in [0.15, 0.2) is 0 Å². The molecule has 1 rings (SSSR count). The van der Waals surface area contributed by atoms with Crippen LogP contribution in [0, 0.1) is 0 Å². The normalized spacial score (nSPS) is 12.2. The first-order chi connectivity index (χ1) is 6.61. The van der Waals surface area contributed by atoms with Gasteiger partial charge < -0.3 is 11.1 Å². The van der Waals surface area contributed by atoms with Crippen LogP contribution in [-0.4, -0.2) is 11.9 Å². The highest BCUT2D eigenvalue weighted by Gasteiger charge is 2.06. The van der Waals surface area contributed by atoms with Crippen LogP contribution in [0.1, 0.15) is 12.5 Å². The summed E-state index contributed by atoms with van der Waals surface area (Å²) >= 11 is 5.90. The second kappa shape index (κ2) is 4.98. The maximum Gasteiger partial charge on any atom is 0.236 e. The molecule has 0 aliphatic rings. The molecule has 3 N–H and O–H groups in total. The molecule has 0 saturated carbocycles. The summed E-state index contributed by atoms with van der Waals surface area (Å²) in [5.74, 6) is -0.176. The molecule has 76 valence electrons. The Morgan fingerprint density at radius 1 is 1.57 bits per heavy atom. The van der Waals surface area contributed by atoms with Crippen LogP contribution < -0.4 is 11.1 Å². The average Bonchev–Trinajstić information content (AvgIpc) is 2.16. The molecule has 0 saturated heterocycles. The van der Waals surface area contributed by atoms with Crippen molar-refractivity contribution in [2.75, 3.05) is 0 Å². The average molecular weight is 213 g/mol. The van der Waals surface area contributed by atoms with Crippen LogP contribution in [-0.2, 0) is 11.3 Å². The van der Waals surface area contributed by atoms with Crippen molar-refractivity contribution in [2.45, 2.75) is 19.5 Å². The smallest absolute Gasteiger partial charge is 0.236 e. The van der Waals surface area contributed by atoms with Crippen molar-refractivity contribution in [1.29, 1.82) is 0 Å². The largest absolute Gasteiger partial charge is 0.351 e. The van der Waals surface area contributed by atoms with Gasteiger partial charge in [0.25, 0.3) is 0 Å². The lowest BCUT2D eigenvalue weighted by Gasteiger charge is -2.08. The van der Waals surface area contributed by atoms with Crippen LogP contribution in [0.2, 0.25) is 5.02 Å². The topological polar surface area (TPSA) is 55.1 Å². The summed E-state index contributed by atoms with van der Waals surface area (Å²) in [4.78, 5) is 11.1. The summed E-state index contributed by atoms with van der Waals surface area (Å²) in [6.07, 6.45) is 0. The molecular weight excluding hydrogens is 200 g/mol. The molecule has 0 fully saturated rings. The third kappa shape index (κ3) is 3.01. The molecule has 0 aromatic heterocycles. The van der Waals surface area contributed by atoms with E-state index in [0.717, 1.165) is 5.56 Å². The fraction of sp³-hybridized carbons (Fsp3) is 0.300. The van der Waals surface area contributed by atoms with E-state index in [-0.39, 0.29) is 5.91 Å². The highest BCUT2D eigenvalue weighted by atomic mass is 35.5. The third-order valence-electron chi connectivity index (χ3n) is 1.82. The number of nitrogens with one attached hydrogen (secondary N) is 1. The minimum atomic E-state index is -0.488. The van der Waals surface area contributed by atoms with Crippen LogP contribution >= 0.6 is 11.6 Å². The third-order valence-corrected chi connectivity index (χ3v) is 2.19. The van der Waals surface area contributed by atoms with E-state index >= 15 is 0 Å². The zero-order valence-electron chi connectivity index (χ0n) is 7.96. The fourth-order valence-electron chi connectivity index (χ4n) is 0.985. The Bertz CT molecular complexity index is 326. The molecule has 1 aromatic rings. The second-order valence-corrected chi connectivity index (χ2v) is 3.51. The lowest BCUT2D eigenvalue weighted by molar-refractivity contribution is -0.122. The van der Waals surface area contributed by atoms with Crippen LogP contribution in [0.3, 0.4) is 0 Å². The zero-order valence-corrected chi connectivity index (χ0v) is 8.71. The van der Waals surface area contributed by atoms with Crippen molar-refractivity contribution in [3.8, 4) is 0 Å². The molecule has 4 heteroatoms. The predicted octanol–water partition coefficient (Wildman–Crippen LogP) is 1.30. The summed E-state index contributed by atoms with van der Waals surface area (Å²) < 4.78 is 0. The maximum absolute atomic E-state index is 11.1. The van der Waals surface area contributed by atoms with E-state index in [2.05, 4.69) is 5.32 Å². The molecule has 0 aliphatic heterocycles. The molecule has 1 aromatic carbocycles. The van der Waals surface area contributed by atoms with E-state index in [1.807, 2.05) is 18.2 Å². The Balaban J connectivity index is 2.54. The van der Waals surface area contributed by atoms with Crippen LogP contribution in [0.4, 0.5) is 0 Å². The van der Waals surface area contributed by atoms with E-state index in [1.54, 1.807) is 13.0 Å². The van der Waals surface area contributed by atoms with Gasteiger partial charge in [0.1, 0.15) is 0 Å². The standard InChI is InChI=1S/C10H13ClN2O/c1-7(12)10(14)13-6-8-4-2-3-5-9(8)11/h2-5,7H,6,12H2,1H3,(H,13,14)/t7-/m0/s1. The quantitative estimate of drug-likeness (QED) is 0.794. The van der Waals surface area contributed by atoms with Gasteiger partial charge in [0.05, 0.1) is 6.04 Å². The number of hydrogen-bond donors (Lipinski definition) is 2. The molecule has 0 aliphatic carbocycles. The number of benzene rings is 1. The van der Waals surface area contributed by atoms with Crippen molar-refractivity contribution in [3.63, 3.8) is 0 Å². The molecule has 1 atom stereocenters. The molecule has 0 radical (unpaired) electrons. The minimum Gasteiger partial charge on any atom is -0.351 e. The van der Waals surface area contributed by atoms with E-state index in [9.17, 15) is 4.79 Å². The maximum atomic E-state index is 11.1. The van der Waals surface area contributed by atoms with E-state index in [0.29, 0.717) is 11.6 Å². The van der Waals surface area contributed by atoms with Crippen LogP contribution in [0.5, 0.6) is 0 Å². The monoisotopic (exact) mass is 212 g/mol. The highest BCUT2D eigenvalue weighted by molar-refractivity contribution is 6.31. The second-order valence-electron chi connectivity index (χ2n) is 3.10. The van der Waals surface area contributed by atoms with Gasteiger partial charge in [0, 0.05) is 11.6 Å². The lowest BCUT2D eigenvalue weighted by atomic mass is 10.2. The first kappa shape index (κ1) is 11.0. The fourth-order valence-corrected chi connectivity index (χ4v) is 1.19. The number of amides is 1. The summed E-state index contributed by atoms with van der Waals surface area (Å²) in [5.41, 5.74) is 6.28. The molecule has 0 heterocycles. The van der Waals surface area contributed by atoms with Crippen molar-refractivity contribution < 1.29 is 4.79 Å². The summed E-state index contributed by atoms with van der Waals surface area (Å²) in [5, 5.41) is 3.34. The number of halogens is 1. The molecule has 0 unspecified atom stereocenters. The molecule has 1 amide bonds. The summed E-state index contributed by atoms with van der Waals surface area (Å²) in [6, 6.07) is 6.88. The SMILES string of the molecule is C[C@H](N)C(=O)NCc1ccccc1Cl. The number of nitrogens with two attached hydrogens (primary N) is 1. The number of hydrogen-bond acceptors (Lipinski definition) is 2. The Labute approximate surface area is 88.2 Å². The van der Waals surface area contributed by atoms with Gasteiger partial charge in [0.2, 0.25) is 5.91 Å². The Kier molecular flexibility index (Phi) is 3.92. The van der Waals surface area contributed by atoms with Crippen molar-refractivity contribution >= 4 is 17.5 Å². The highest BCUT2D eigenvalue weighted by Crippen LogP contribution is 2.14. The van der Waals surface area contributed by atoms with Gasteiger partial charge >= 0.3 is 0 Å². The Morgan fingerprint density at radius 3 is 2.79 bits per heavy atom. The lowest BCUT2D eigenvalue weighted by Crippen LogP contribution is -2.37. The molecule has 14 heavy (non-hydrogen) atoms. The zero-order chi connectivity index (χ0) is 10.6. The van der Waals surface area contributed by atoms with Crippen LogP contribution in [0.25, 0.3) is 0 Å². The molecule has 0 spiro atoms. The van der Waals surface area contributed by atoms with Crippen molar-refractivity contribution in [3.05, 3.63) is 34.9 Å². The van der Waals surface area contributed by atoms with Gasteiger partial charge in [-0.05, 0) is 18.6 Å². The van der Waals surface area contributed by atoms with Gasteiger partial charge in [-0.2, -0.15) is 0 Å². The summed E-state index contributed by atoms with van der Waals surface area (Å²) in [6.45, 7) is 2.06. The number of carbonyl (C=O) groups is 1. The first-order valence-electron chi connectivity index (χ1n) is 4.38. The Hall–Kier alpha value is -1.06. The number of carbonyl (C=O) groups excluding carboxylic acids is 1. The Morgan fingerprint density at radius 2 is 2.21 bits per heavy atom. The van der Waals surface area contributed by atoms with Crippen LogP contribution in [0.15, 0.2) is 24.3 Å². The molecular formula is C10H13ClN2O. The first-order valence-corrected chi connectivity index (χ1v) is 4.75. The van der Waals surface area contributed by atoms with E-state index < -0.39 is 6.04 Å².